The molecule has 7 nitrogen and oxygen atoms in total. The molecule has 1 atom stereocenters. The Morgan fingerprint density at radius 1 is 1.29 bits per heavy atom. The molecule has 2 rings (SSSR count). The van der Waals surface area contributed by atoms with E-state index in [1.165, 1.54) is 29.2 Å². The van der Waals surface area contributed by atoms with E-state index in [-0.39, 0.29) is 30.3 Å². The molecule has 0 aromatic heterocycles. The number of nitrogens with zero attached hydrogens (tertiary/aromatic N) is 1. The van der Waals surface area contributed by atoms with E-state index in [9.17, 15) is 18.0 Å². The van der Waals surface area contributed by atoms with E-state index in [2.05, 4.69) is 0 Å². The minimum Gasteiger partial charge on any atom is -0.480 e. The molecule has 0 radical (unpaired) electrons. The van der Waals surface area contributed by atoms with E-state index in [4.69, 9.17) is 10.8 Å². The molecule has 8 heteroatoms. The molecule has 0 spiro atoms. The first kappa shape index (κ1) is 15.5. The minimum absolute atomic E-state index is 0.0605. The number of carbonyl (C=O) groups is 2. The van der Waals surface area contributed by atoms with Crippen LogP contribution in [0.3, 0.4) is 0 Å². The van der Waals surface area contributed by atoms with E-state index in [1.54, 1.807) is 0 Å². The van der Waals surface area contributed by atoms with Gasteiger partial charge >= 0.3 is 5.97 Å². The molecule has 1 aliphatic heterocycles. The van der Waals surface area contributed by atoms with Crippen molar-refractivity contribution < 1.29 is 23.1 Å². The van der Waals surface area contributed by atoms with Crippen molar-refractivity contribution in [2.24, 2.45) is 5.73 Å². The summed E-state index contributed by atoms with van der Waals surface area (Å²) in [5, 5.41) is 9.04. The lowest BCUT2D eigenvalue weighted by Gasteiger charge is -2.20. The minimum atomic E-state index is -3.32. The van der Waals surface area contributed by atoms with Gasteiger partial charge in [0.05, 0.1) is 4.90 Å². The van der Waals surface area contributed by atoms with Crippen molar-refractivity contribution in [1.29, 1.82) is 0 Å². The van der Waals surface area contributed by atoms with Crippen LogP contribution in [0.5, 0.6) is 0 Å². The molecule has 21 heavy (non-hydrogen) atoms. The third kappa shape index (κ3) is 3.06. The number of carboxylic acids is 1. The van der Waals surface area contributed by atoms with Crippen molar-refractivity contribution in [3.63, 3.8) is 0 Å². The summed E-state index contributed by atoms with van der Waals surface area (Å²) in [4.78, 5) is 24.8. The normalized spacial score (nSPS) is 22.3. The van der Waals surface area contributed by atoms with Crippen LogP contribution in [0, 0.1) is 0 Å². The van der Waals surface area contributed by atoms with Gasteiger partial charge in [-0.05, 0) is 30.7 Å². The van der Waals surface area contributed by atoms with Gasteiger partial charge in [-0.15, -0.1) is 0 Å². The fourth-order valence-corrected chi connectivity index (χ4v) is 2.84. The van der Waals surface area contributed by atoms with E-state index < -0.39 is 21.3 Å². The van der Waals surface area contributed by atoms with Gasteiger partial charge in [-0.25, -0.2) is 8.42 Å². The molecule has 1 fully saturated rings. The van der Waals surface area contributed by atoms with Gasteiger partial charge in [-0.2, -0.15) is 0 Å². The highest BCUT2D eigenvalue weighted by atomic mass is 32.2. The second-order valence-corrected chi connectivity index (χ2v) is 7.25. The fourth-order valence-electron chi connectivity index (χ4n) is 2.21. The van der Waals surface area contributed by atoms with Gasteiger partial charge in [0.1, 0.15) is 5.54 Å². The fraction of sp³-hybridized carbons (Fsp3) is 0.385. The molecule has 1 aromatic rings. The summed E-state index contributed by atoms with van der Waals surface area (Å²) in [6.45, 7) is 0.199. The Morgan fingerprint density at radius 3 is 2.29 bits per heavy atom. The molecular formula is C13H16N2O5S. The number of hydrogen-bond acceptors (Lipinski definition) is 5. The Kier molecular flexibility index (Phi) is 3.77. The first-order valence-electron chi connectivity index (χ1n) is 6.25. The monoisotopic (exact) mass is 312 g/mol. The van der Waals surface area contributed by atoms with E-state index in [0.717, 1.165) is 6.26 Å². The van der Waals surface area contributed by atoms with Crippen molar-refractivity contribution in [1.82, 2.24) is 4.90 Å². The Labute approximate surface area is 122 Å². The highest BCUT2D eigenvalue weighted by molar-refractivity contribution is 7.90. The first-order chi connectivity index (χ1) is 9.63. The number of hydrogen-bond donors (Lipinski definition) is 2. The third-order valence-corrected chi connectivity index (χ3v) is 4.67. The Morgan fingerprint density at radius 2 is 1.86 bits per heavy atom. The van der Waals surface area contributed by atoms with Gasteiger partial charge in [0.2, 0.25) is 0 Å². The van der Waals surface area contributed by atoms with Crippen molar-refractivity contribution in [2.45, 2.75) is 16.9 Å². The van der Waals surface area contributed by atoms with Gasteiger partial charge in [-0.3, -0.25) is 9.59 Å². The van der Waals surface area contributed by atoms with Crippen LogP contribution in [-0.4, -0.2) is 55.2 Å². The van der Waals surface area contributed by atoms with Crippen LogP contribution in [0.2, 0.25) is 0 Å². The van der Waals surface area contributed by atoms with Gasteiger partial charge in [0.15, 0.2) is 9.84 Å². The standard InChI is InChI=1S/C13H16N2O5S/c1-21(19,20)10-4-2-9(3-5-10)11(16)15-7-6-13(14,8-15)12(17)18/h2-5H,6-8,14H2,1H3,(H,17,18). The van der Waals surface area contributed by atoms with Gasteiger partial charge in [0, 0.05) is 24.9 Å². The predicted octanol–water partition coefficient (Wildman–Crippen LogP) is -0.282. The molecule has 114 valence electrons. The number of aliphatic carboxylic acids is 1. The number of amides is 1. The first-order valence-corrected chi connectivity index (χ1v) is 8.14. The lowest BCUT2D eigenvalue weighted by Crippen LogP contribution is -2.50. The maximum atomic E-state index is 12.2. The second kappa shape index (κ2) is 5.12. The molecule has 0 saturated carbocycles. The zero-order valence-corrected chi connectivity index (χ0v) is 12.3. The largest absolute Gasteiger partial charge is 0.480 e. The number of nitrogens with two attached hydrogens (primary N) is 1. The zero-order chi connectivity index (χ0) is 15.8. The smallest absolute Gasteiger partial charge is 0.325 e. The summed E-state index contributed by atoms with van der Waals surface area (Å²) in [7, 11) is -3.32. The Hall–Kier alpha value is -1.93. The molecule has 1 heterocycles. The van der Waals surface area contributed by atoms with Crippen LogP contribution in [0.25, 0.3) is 0 Å². The van der Waals surface area contributed by atoms with Crippen LogP contribution < -0.4 is 5.73 Å². The highest BCUT2D eigenvalue weighted by Crippen LogP contribution is 2.21. The number of benzene rings is 1. The van der Waals surface area contributed by atoms with Crippen molar-refractivity contribution in [3.05, 3.63) is 29.8 Å². The average Bonchev–Trinajstić information content (AvgIpc) is 2.81. The summed E-state index contributed by atoms with van der Waals surface area (Å²) in [6, 6.07) is 5.53. The number of rotatable bonds is 3. The lowest BCUT2D eigenvalue weighted by atomic mass is 10.0. The maximum absolute atomic E-state index is 12.2. The lowest BCUT2D eigenvalue weighted by molar-refractivity contribution is -0.142. The maximum Gasteiger partial charge on any atom is 0.325 e. The topological polar surface area (TPSA) is 118 Å². The summed E-state index contributed by atoms with van der Waals surface area (Å²) in [5.41, 5.74) is 4.61. The molecule has 1 aromatic carbocycles. The third-order valence-electron chi connectivity index (χ3n) is 3.54. The summed E-state index contributed by atoms with van der Waals surface area (Å²) in [6.07, 6.45) is 1.27. The van der Waals surface area contributed by atoms with Crippen LogP contribution in [0.15, 0.2) is 29.2 Å². The highest BCUT2D eigenvalue weighted by Gasteiger charge is 2.43. The molecule has 1 amide bonds. The molecule has 1 aliphatic rings. The number of likely N-dealkylation sites (tertiary alicyclic amines) is 1. The quantitative estimate of drug-likeness (QED) is 0.792. The second-order valence-electron chi connectivity index (χ2n) is 5.23. The molecule has 1 saturated heterocycles. The van der Waals surface area contributed by atoms with Crippen molar-refractivity contribution in [3.8, 4) is 0 Å². The molecule has 0 aliphatic carbocycles. The van der Waals surface area contributed by atoms with Gasteiger partial charge in [0.25, 0.3) is 5.91 Å². The molecular weight excluding hydrogens is 296 g/mol. The zero-order valence-electron chi connectivity index (χ0n) is 11.4. The number of carboxylic acid groups (broad SMARTS) is 1. The number of carbonyl (C=O) groups excluding carboxylic acids is 1. The average molecular weight is 312 g/mol. The summed E-state index contributed by atoms with van der Waals surface area (Å²) < 4.78 is 22.7. The molecule has 3 N–H and O–H groups in total. The van der Waals surface area contributed by atoms with Crippen LogP contribution in [0.1, 0.15) is 16.8 Å². The van der Waals surface area contributed by atoms with E-state index in [0.29, 0.717) is 5.56 Å². The van der Waals surface area contributed by atoms with E-state index >= 15 is 0 Å². The van der Waals surface area contributed by atoms with Crippen LogP contribution in [0.4, 0.5) is 0 Å². The van der Waals surface area contributed by atoms with Crippen molar-refractivity contribution >= 4 is 21.7 Å². The van der Waals surface area contributed by atoms with Crippen LogP contribution in [-0.2, 0) is 14.6 Å². The van der Waals surface area contributed by atoms with E-state index in [1.807, 2.05) is 0 Å². The van der Waals surface area contributed by atoms with Gasteiger partial charge in [-0.1, -0.05) is 0 Å². The predicted molar refractivity (Wildman–Crippen MR) is 74.6 cm³/mol. The number of sulfone groups is 1. The Bertz CT molecular complexity index is 683. The SMILES string of the molecule is CS(=O)(=O)c1ccc(C(=O)N2CCC(N)(C(=O)O)C2)cc1. The Balaban J connectivity index is 2.17. The molecule has 0 bridgehead atoms. The summed E-state index contributed by atoms with van der Waals surface area (Å²) >= 11 is 0. The van der Waals surface area contributed by atoms with Gasteiger partial charge < -0.3 is 15.7 Å². The van der Waals surface area contributed by atoms with Crippen molar-refractivity contribution in [2.75, 3.05) is 19.3 Å². The van der Waals surface area contributed by atoms with Crippen LogP contribution >= 0.6 is 0 Å². The summed E-state index contributed by atoms with van der Waals surface area (Å²) in [5.74, 6) is -1.49. The molecule has 1 unspecified atom stereocenters.